The molecule has 0 saturated heterocycles. The van der Waals surface area contributed by atoms with E-state index in [9.17, 15) is 18.6 Å². The molecule has 0 aliphatic rings. The third-order valence-electron chi connectivity index (χ3n) is 6.68. The summed E-state index contributed by atoms with van der Waals surface area (Å²) in [6, 6.07) is 21.3. The molecule has 0 aliphatic heterocycles. The Kier molecular flexibility index (Phi) is 10.8. The third kappa shape index (κ3) is 8.23. The van der Waals surface area contributed by atoms with E-state index in [1.54, 1.807) is 66.7 Å². The minimum absolute atomic E-state index is 0.112. The normalized spacial score (nSPS) is 12.3. The molecule has 0 radical (unpaired) electrons. The van der Waals surface area contributed by atoms with E-state index in [2.05, 4.69) is 26.2 Å². The van der Waals surface area contributed by atoms with E-state index in [-0.39, 0.29) is 29.5 Å². The van der Waals surface area contributed by atoms with Gasteiger partial charge in [0.25, 0.3) is 11.8 Å². The molecule has 228 valence electrons. The molecule has 4 rings (SSSR count). The Balaban J connectivity index is 1.52. The number of likely N-dealkylation sites (N-methyl/N-ethyl adjacent to an activating group) is 1. The first kappa shape index (κ1) is 32.7. The second kappa shape index (κ2) is 14.5. The van der Waals surface area contributed by atoms with Gasteiger partial charge in [0.1, 0.15) is 5.82 Å². The largest absolute Gasteiger partial charge is 0.321 e. The second-order valence-corrected chi connectivity index (χ2v) is 12.6. The first-order valence-electron chi connectivity index (χ1n) is 13.6. The zero-order valence-electron chi connectivity index (χ0n) is 24.1. The zero-order valence-corrected chi connectivity index (χ0v) is 26.4. The quantitative estimate of drug-likeness (QED) is 0.171. The van der Waals surface area contributed by atoms with Crippen LogP contribution in [0.1, 0.15) is 34.6 Å². The van der Waals surface area contributed by atoms with Crippen LogP contribution in [-0.4, -0.2) is 57.3 Å². The number of anilines is 2. The zero-order chi connectivity index (χ0) is 31.9. The van der Waals surface area contributed by atoms with Crippen LogP contribution in [0, 0.1) is 0 Å². The first-order valence-corrected chi connectivity index (χ1v) is 16.1. The van der Waals surface area contributed by atoms with E-state index < -0.39 is 21.5 Å². The number of pyridine rings is 1. The summed E-state index contributed by atoms with van der Waals surface area (Å²) in [5, 5.41) is 6.16. The standard InChI is InChI=1S/C32H31Cl2N5O4S/c1-4-39(5-2)20-30(40)38-44(3,43)28-9-7-6-8-25(28)21-10-12-22(13-11-21)31(41)36-27-16-14-23(33)18-26(27)32(42)37-29-17-15-24(34)19-35-29/h6-19H,3-5,20H2,1-2H3,(H,36,41)(H,35,37,42)(H,38,40,43). The molecule has 0 spiro atoms. The van der Waals surface area contributed by atoms with Crippen LogP contribution in [0.3, 0.4) is 0 Å². The van der Waals surface area contributed by atoms with Crippen molar-refractivity contribution in [1.82, 2.24) is 14.6 Å². The molecule has 0 fully saturated rings. The van der Waals surface area contributed by atoms with Gasteiger partial charge in [-0.2, -0.15) is 0 Å². The van der Waals surface area contributed by atoms with Crippen molar-refractivity contribution in [3.63, 3.8) is 0 Å². The molecule has 3 N–H and O–H groups in total. The number of benzene rings is 3. The molecule has 0 bridgehead atoms. The molecule has 9 nitrogen and oxygen atoms in total. The number of nitrogens with zero attached hydrogens (tertiary/aromatic N) is 2. The van der Waals surface area contributed by atoms with Gasteiger partial charge >= 0.3 is 0 Å². The van der Waals surface area contributed by atoms with Gasteiger partial charge in [-0.25, -0.2) is 9.19 Å². The van der Waals surface area contributed by atoms with Crippen LogP contribution in [0.25, 0.3) is 11.1 Å². The Hall–Kier alpha value is -4.22. The predicted molar refractivity (Wildman–Crippen MR) is 178 cm³/mol. The Morgan fingerprint density at radius 2 is 1.55 bits per heavy atom. The van der Waals surface area contributed by atoms with Crippen molar-refractivity contribution in [1.29, 1.82) is 0 Å². The summed E-state index contributed by atoms with van der Waals surface area (Å²) < 4.78 is 16.2. The molecule has 3 amide bonds. The van der Waals surface area contributed by atoms with E-state index in [0.717, 1.165) is 0 Å². The van der Waals surface area contributed by atoms with Gasteiger partial charge in [-0.05, 0) is 78.6 Å². The van der Waals surface area contributed by atoms with Gasteiger partial charge < -0.3 is 10.6 Å². The number of carbonyl (C=O) groups is 3. The highest BCUT2D eigenvalue weighted by molar-refractivity contribution is 7.99. The average molecular weight is 653 g/mol. The van der Waals surface area contributed by atoms with E-state index in [0.29, 0.717) is 44.7 Å². The van der Waals surface area contributed by atoms with Gasteiger partial charge in [0.05, 0.1) is 37.4 Å². The van der Waals surface area contributed by atoms with Gasteiger partial charge in [0.15, 0.2) is 0 Å². The maximum Gasteiger partial charge on any atom is 0.258 e. The Morgan fingerprint density at radius 1 is 0.864 bits per heavy atom. The number of hydrogen-bond donors (Lipinski definition) is 3. The third-order valence-corrected chi connectivity index (χ3v) is 8.77. The summed E-state index contributed by atoms with van der Waals surface area (Å²) in [7, 11) is -3.17. The lowest BCUT2D eigenvalue weighted by Crippen LogP contribution is -2.39. The maximum atomic E-state index is 13.6. The highest BCUT2D eigenvalue weighted by Crippen LogP contribution is 2.28. The summed E-state index contributed by atoms with van der Waals surface area (Å²) >= 11 is 12.0. The van der Waals surface area contributed by atoms with Gasteiger partial charge in [-0.1, -0.05) is 67.4 Å². The number of amides is 3. The van der Waals surface area contributed by atoms with E-state index in [1.807, 2.05) is 18.7 Å². The van der Waals surface area contributed by atoms with Gasteiger partial charge in [-0.3, -0.25) is 24.0 Å². The van der Waals surface area contributed by atoms with Crippen LogP contribution in [0.5, 0.6) is 0 Å². The van der Waals surface area contributed by atoms with Crippen molar-refractivity contribution in [3.8, 4) is 11.1 Å². The molecule has 4 aromatic rings. The Labute approximate surface area is 266 Å². The molecule has 1 unspecified atom stereocenters. The number of rotatable bonds is 11. The number of halogens is 2. The molecule has 12 heteroatoms. The summed E-state index contributed by atoms with van der Waals surface area (Å²) in [5.74, 6) is 2.75. The lowest BCUT2D eigenvalue weighted by Gasteiger charge is -2.20. The molecule has 0 aliphatic carbocycles. The van der Waals surface area contributed by atoms with Crippen molar-refractivity contribution in [2.75, 3.05) is 30.3 Å². The van der Waals surface area contributed by atoms with E-state index >= 15 is 0 Å². The Morgan fingerprint density at radius 3 is 2.20 bits per heavy atom. The van der Waals surface area contributed by atoms with Gasteiger partial charge in [-0.15, -0.1) is 0 Å². The summed E-state index contributed by atoms with van der Waals surface area (Å²) in [6.07, 6.45) is 1.40. The van der Waals surface area contributed by atoms with Gasteiger partial charge in [0.2, 0.25) is 5.91 Å². The van der Waals surface area contributed by atoms with Crippen molar-refractivity contribution in [2.45, 2.75) is 18.7 Å². The van der Waals surface area contributed by atoms with E-state index in [1.165, 1.54) is 18.3 Å². The lowest BCUT2D eigenvalue weighted by molar-refractivity contribution is -0.120. The minimum Gasteiger partial charge on any atom is -0.321 e. The van der Waals surface area contributed by atoms with Crippen LogP contribution in [0.4, 0.5) is 11.5 Å². The van der Waals surface area contributed by atoms with Crippen molar-refractivity contribution in [3.05, 3.63) is 106 Å². The molecule has 1 heterocycles. The van der Waals surface area contributed by atoms with Gasteiger partial charge in [0, 0.05) is 16.8 Å². The fraction of sp³-hybridized carbons (Fsp3) is 0.156. The molecular formula is C32H31Cl2N5O4S. The smallest absolute Gasteiger partial charge is 0.258 e. The Bertz CT molecular complexity index is 1780. The first-order chi connectivity index (χ1) is 21.0. The van der Waals surface area contributed by atoms with Crippen LogP contribution >= 0.6 is 23.2 Å². The fourth-order valence-corrected chi connectivity index (χ4v) is 6.02. The highest BCUT2D eigenvalue weighted by Gasteiger charge is 2.19. The number of aromatic nitrogens is 1. The van der Waals surface area contributed by atoms with Crippen LogP contribution in [-0.2, 0) is 14.5 Å². The molecule has 3 aromatic carbocycles. The highest BCUT2D eigenvalue weighted by atomic mass is 35.5. The van der Waals surface area contributed by atoms with Crippen LogP contribution in [0.15, 0.2) is 90.0 Å². The molecule has 0 saturated carbocycles. The predicted octanol–water partition coefficient (Wildman–Crippen LogP) is 6.01. The number of nitrogens with one attached hydrogen (secondary N) is 3. The van der Waals surface area contributed by atoms with Crippen molar-refractivity contribution >= 4 is 68.0 Å². The summed E-state index contributed by atoms with van der Waals surface area (Å²) in [4.78, 5) is 45.2. The monoisotopic (exact) mass is 651 g/mol. The second-order valence-electron chi connectivity index (χ2n) is 9.70. The minimum atomic E-state index is -3.17. The van der Waals surface area contributed by atoms with Crippen molar-refractivity contribution < 1.29 is 18.6 Å². The molecule has 44 heavy (non-hydrogen) atoms. The average Bonchev–Trinajstić information content (AvgIpc) is 3.01. The van der Waals surface area contributed by atoms with Crippen LogP contribution < -0.4 is 15.4 Å². The molecule has 1 aromatic heterocycles. The number of carbonyl (C=O) groups excluding carboxylic acids is 3. The summed E-state index contributed by atoms with van der Waals surface area (Å²) in [6.45, 7) is 5.38. The van der Waals surface area contributed by atoms with Crippen molar-refractivity contribution in [2.24, 2.45) is 0 Å². The lowest BCUT2D eigenvalue weighted by atomic mass is 10.0. The fourth-order valence-electron chi connectivity index (χ4n) is 4.36. The number of hydrogen-bond acceptors (Lipinski definition) is 6. The summed E-state index contributed by atoms with van der Waals surface area (Å²) in [5.41, 5.74) is 1.98. The topological polar surface area (TPSA) is 121 Å². The molecular weight excluding hydrogens is 621 g/mol. The molecule has 1 atom stereocenters. The SMILES string of the molecule is C=S(=O)(NC(=O)CN(CC)CC)c1ccccc1-c1ccc(C(=O)Nc2ccc(Cl)cc2C(=O)Nc2ccc(Cl)cn2)cc1. The van der Waals surface area contributed by atoms with Crippen LogP contribution in [0.2, 0.25) is 10.0 Å². The van der Waals surface area contributed by atoms with E-state index in [4.69, 9.17) is 23.2 Å². The maximum absolute atomic E-state index is 13.6.